The van der Waals surface area contributed by atoms with E-state index in [1.807, 2.05) is 0 Å². The van der Waals surface area contributed by atoms with Crippen molar-refractivity contribution in [1.82, 2.24) is 9.62 Å². The minimum Gasteiger partial charge on any atom is -0.304 e. The molecule has 4 nitrogen and oxygen atoms in total. The molecule has 2 atom stereocenters. The van der Waals surface area contributed by atoms with Crippen LogP contribution in [-0.4, -0.2) is 50.6 Å². The van der Waals surface area contributed by atoms with E-state index in [1.54, 1.807) is 0 Å². The van der Waals surface area contributed by atoms with Crippen molar-refractivity contribution in [3.05, 3.63) is 0 Å². The third kappa shape index (κ3) is 5.55. The Balaban J connectivity index is 2.37. The first-order valence-electron chi connectivity index (χ1n) is 6.21. The summed E-state index contributed by atoms with van der Waals surface area (Å²) in [6, 6.07) is 0.543. The minimum atomic E-state index is -3.12. The lowest BCUT2D eigenvalue weighted by Gasteiger charge is -2.35. The smallest absolute Gasteiger partial charge is 0.211 e. The number of likely N-dealkylation sites (tertiary alicyclic amines) is 1. The van der Waals surface area contributed by atoms with E-state index < -0.39 is 10.0 Å². The average Bonchev–Trinajstić information content (AvgIpc) is 2.23. The number of sulfonamides is 1. The first-order chi connectivity index (χ1) is 7.94. The molecule has 0 spiro atoms. The molecule has 1 heterocycles. The molecule has 17 heavy (non-hydrogen) atoms. The van der Waals surface area contributed by atoms with E-state index in [0.29, 0.717) is 18.3 Å². The summed E-state index contributed by atoms with van der Waals surface area (Å²) in [4.78, 5) is 2.26. The summed E-state index contributed by atoms with van der Waals surface area (Å²) in [7, 11) is -1.04. The predicted octanol–water partition coefficient (Wildman–Crippen LogP) is 1.41. The van der Waals surface area contributed by atoms with Crippen LogP contribution in [0.4, 0.5) is 0 Å². The van der Waals surface area contributed by atoms with Crippen molar-refractivity contribution in [2.24, 2.45) is 0 Å². The van der Waals surface area contributed by atoms with Gasteiger partial charge in [0.15, 0.2) is 0 Å². The van der Waals surface area contributed by atoms with Crippen LogP contribution in [0.3, 0.4) is 0 Å². The van der Waals surface area contributed by atoms with E-state index in [9.17, 15) is 8.42 Å². The number of alkyl halides is 1. The number of rotatable bonds is 6. The monoisotopic (exact) mass is 282 g/mol. The fourth-order valence-corrected chi connectivity index (χ4v) is 3.71. The van der Waals surface area contributed by atoms with Crippen molar-refractivity contribution in [2.45, 2.75) is 44.7 Å². The first-order valence-corrected chi connectivity index (χ1v) is 8.39. The third-order valence-electron chi connectivity index (χ3n) is 3.35. The van der Waals surface area contributed by atoms with E-state index in [0.717, 1.165) is 25.8 Å². The van der Waals surface area contributed by atoms with Gasteiger partial charge in [0.25, 0.3) is 0 Å². The standard InChI is InChI=1S/C11H23ClN2O2S/c1-10-9-11(5-7-14(10)2)13-17(15,16)8-4-3-6-12/h10-11,13H,3-9H2,1-2H3. The zero-order chi connectivity index (χ0) is 12.9. The summed E-state index contributed by atoms with van der Waals surface area (Å²) in [5, 5.41) is 0. The highest BCUT2D eigenvalue weighted by atomic mass is 35.5. The zero-order valence-corrected chi connectivity index (χ0v) is 12.2. The second kappa shape index (κ2) is 6.92. The topological polar surface area (TPSA) is 49.4 Å². The number of halogens is 1. The van der Waals surface area contributed by atoms with Crippen LogP contribution in [-0.2, 0) is 10.0 Å². The quantitative estimate of drug-likeness (QED) is 0.592. The first kappa shape index (κ1) is 15.2. The number of unbranched alkanes of at least 4 members (excludes halogenated alkanes) is 1. The van der Waals surface area contributed by atoms with E-state index in [4.69, 9.17) is 11.6 Å². The fraction of sp³-hybridized carbons (Fsp3) is 1.00. The predicted molar refractivity (Wildman–Crippen MR) is 72.0 cm³/mol. The fourth-order valence-electron chi connectivity index (χ4n) is 2.10. The molecule has 1 aliphatic heterocycles. The summed E-state index contributed by atoms with van der Waals surface area (Å²) in [5.74, 6) is 0.723. The molecule has 0 aromatic carbocycles. The van der Waals surface area contributed by atoms with Crippen LogP contribution in [0.5, 0.6) is 0 Å². The Labute approximate surface area is 110 Å². The van der Waals surface area contributed by atoms with E-state index in [1.165, 1.54) is 0 Å². The highest BCUT2D eigenvalue weighted by molar-refractivity contribution is 7.89. The summed E-state index contributed by atoms with van der Waals surface area (Å²) < 4.78 is 26.4. The van der Waals surface area contributed by atoms with Crippen LogP contribution in [0.15, 0.2) is 0 Å². The van der Waals surface area contributed by atoms with Crippen LogP contribution >= 0.6 is 11.6 Å². The van der Waals surface area contributed by atoms with Gasteiger partial charge in [-0.3, -0.25) is 0 Å². The van der Waals surface area contributed by atoms with E-state index in [-0.39, 0.29) is 11.8 Å². The van der Waals surface area contributed by atoms with Crippen molar-refractivity contribution < 1.29 is 8.42 Å². The molecule has 0 aromatic rings. The molecule has 1 N–H and O–H groups in total. The number of piperidine rings is 1. The Morgan fingerprint density at radius 2 is 2.12 bits per heavy atom. The van der Waals surface area contributed by atoms with E-state index >= 15 is 0 Å². The molecule has 1 rings (SSSR count). The minimum absolute atomic E-state index is 0.0993. The van der Waals surface area contributed by atoms with Crippen molar-refractivity contribution in [3.63, 3.8) is 0 Å². The summed E-state index contributed by atoms with van der Waals surface area (Å²) in [6.45, 7) is 3.09. The molecule has 0 saturated carbocycles. The Hall–Kier alpha value is 0.160. The van der Waals surface area contributed by atoms with Gasteiger partial charge in [0.1, 0.15) is 0 Å². The van der Waals surface area contributed by atoms with Gasteiger partial charge in [-0.15, -0.1) is 11.6 Å². The van der Waals surface area contributed by atoms with Crippen LogP contribution in [0.2, 0.25) is 0 Å². The largest absolute Gasteiger partial charge is 0.304 e. The maximum Gasteiger partial charge on any atom is 0.211 e. The molecule has 0 amide bonds. The second-order valence-corrected chi connectivity index (χ2v) is 7.14. The summed E-state index contributed by atoms with van der Waals surface area (Å²) in [6.07, 6.45) is 3.19. The highest BCUT2D eigenvalue weighted by Crippen LogP contribution is 2.16. The van der Waals surface area contributed by atoms with Gasteiger partial charge in [0.05, 0.1) is 5.75 Å². The second-order valence-electron chi connectivity index (χ2n) is 4.88. The number of hydrogen-bond donors (Lipinski definition) is 1. The lowest BCUT2D eigenvalue weighted by Crippen LogP contribution is -2.47. The van der Waals surface area contributed by atoms with Gasteiger partial charge in [0.2, 0.25) is 10.0 Å². The van der Waals surface area contributed by atoms with Crippen molar-refractivity contribution >= 4 is 21.6 Å². The Morgan fingerprint density at radius 3 is 2.71 bits per heavy atom. The van der Waals surface area contributed by atoms with Gasteiger partial charge in [0, 0.05) is 18.0 Å². The van der Waals surface area contributed by atoms with Gasteiger partial charge in [-0.1, -0.05) is 0 Å². The molecule has 0 radical (unpaired) electrons. The molecule has 0 aliphatic carbocycles. The lowest BCUT2D eigenvalue weighted by atomic mass is 10.0. The van der Waals surface area contributed by atoms with Gasteiger partial charge >= 0.3 is 0 Å². The van der Waals surface area contributed by atoms with Crippen molar-refractivity contribution in [3.8, 4) is 0 Å². The third-order valence-corrected chi connectivity index (χ3v) is 5.14. The van der Waals surface area contributed by atoms with Crippen LogP contribution < -0.4 is 4.72 Å². The molecular weight excluding hydrogens is 260 g/mol. The van der Waals surface area contributed by atoms with Gasteiger partial charge in [-0.2, -0.15) is 0 Å². The average molecular weight is 283 g/mol. The van der Waals surface area contributed by atoms with Crippen molar-refractivity contribution in [1.29, 1.82) is 0 Å². The Bertz CT molecular complexity index is 321. The molecule has 2 unspecified atom stereocenters. The summed E-state index contributed by atoms with van der Waals surface area (Å²) in [5.41, 5.74) is 0. The highest BCUT2D eigenvalue weighted by Gasteiger charge is 2.25. The van der Waals surface area contributed by atoms with Gasteiger partial charge < -0.3 is 4.90 Å². The Kier molecular flexibility index (Phi) is 6.20. The maximum atomic E-state index is 11.8. The molecule has 102 valence electrons. The van der Waals surface area contributed by atoms with E-state index in [2.05, 4.69) is 23.6 Å². The molecule has 1 saturated heterocycles. The summed E-state index contributed by atoms with van der Waals surface area (Å²) >= 11 is 5.54. The molecule has 1 fully saturated rings. The lowest BCUT2D eigenvalue weighted by molar-refractivity contribution is 0.178. The molecule has 1 aliphatic rings. The molecular formula is C11H23ClN2O2S. The molecule has 0 bridgehead atoms. The molecule has 6 heteroatoms. The van der Waals surface area contributed by atoms with Crippen LogP contribution in [0.1, 0.15) is 32.6 Å². The van der Waals surface area contributed by atoms with Crippen LogP contribution in [0.25, 0.3) is 0 Å². The number of hydrogen-bond acceptors (Lipinski definition) is 3. The van der Waals surface area contributed by atoms with Crippen molar-refractivity contribution in [2.75, 3.05) is 25.2 Å². The maximum absolute atomic E-state index is 11.8. The molecule has 0 aromatic heterocycles. The normalized spacial score (nSPS) is 27.2. The number of nitrogens with one attached hydrogen (secondary N) is 1. The van der Waals surface area contributed by atoms with Crippen LogP contribution in [0, 0.1) is 0 Å². The zero-order valence-electron chi connectivity index (χ0n) is 10.7. The van der Waals surface area contributed by atoms with Gasteiger partial charge in [-0.05, 0) is 46.2 Å². The Morgan fingerprint density at radius 1 is 1.41 bits per heavy atom. The number of nitrogens with zero attached hydrogens (tertiary/aromatic N) is 1. The SMILES string of the molecule is CC1CC(NS(=O)(=O)CCCCCl)CCN1C. The van der Waals surface area contributed by atoms with Gasteiger partial charge in [-0.25, -0.2) is 13.1 Å².